The van der Waals surface area contributed by atoms with Crippen LogP contribution >= 0.6 is 0 Å². The molecule has 0 atom stereocenters. The van der Waals surface area contributed by atoms with E-state index in [0.29, 0.717) is 0 Å². The Labute approximate surface area is 152 Å². The fraction of sp³-hybridized carbons (Fsp3) is 0.0952. The highest BCUT2D eigenvalue weighted by molar-refractivity contribution is 5.81. The van der Waals surface area contributed by atoms with E-state index in [2.05, 4.69) is 33.2 Å². The molecule has 4 rings (SSSR count). The molecule has 0 aliphatic rings. The quantitative estimate of drug-likeness (QED) is 0.579. The molecule has 132 valence electrons. The van der Waals surface area contributed by atoms with Crippen molar-refractivity contribution in [1.82, 2.24) is 15.0 Å². The maximum Gasteiger partial charge on any atom is 0.159 e. The number of rotatable bonds is 2. The molecule has 0 saturated heterocycles. The molecule has 2 aromatic heterocycles. The average molecular weight is 347 g/mol. The topological polar surface area (TPSA) is 79.1 Å². The first-order chi connectivity index (χ1) is 12.9. The minimum Gasteiger partial charge on any atom is -0.400 e. The SMILES string of the molecule is CO.CO.c1ccc(-c2cnc3cnc(-c4ccccc4)nc3c2)cc1. The van der Waals surface area contributed by atoms with Crippen molar-refractivity contribution in [3.63, 3.8) is 0 Å². The highest BCUT2D eigenvalue weighted by atomic mass is 16.2. The Bertz CT molecular complexity index is 855. The lowest BCUT2D eigenvalue weighted by molar-refractivity contribution is 0.399. The summed E-state index contributed by atoms with van der Waals surface area (Å²) in [4.78, 5) is 13.5. The van der Waals surface area contributed by atoms with Crippen LogP contribution in [0.25, 0.3) is 33.5 Å². The lowest BCUT2D eigenvalue weighted by Crippen LogP contribution is -1.92. The van der Waals surface area contributed by atoms with E-state index < -0.39 is 0 Å². The van der Waals surface area contributed by atoms with Crippen LogP contribution in [0.5, 0.6) is 0 Å². The van der Waals surface area contributed by atoms with Gasteiger partial charge in [0.05, 0.1) is 11.7 Å². The van der Waals surface area contributed by atoms with Crippen LogP contribution in [-0.2, 0) is 0 Å². The number of hydrogen-bond acceptors (Lipinski definition) is 5. The van der Waals surface area contributed by atoms with Crippen molar-refractivity contribution in [2.75, 3.05) is 14.2 Å². The summed E-state index contributed by atoms with van der Waals surface area (Å²) in [6.45, 7) is 0. The van der Waals surface area contributed by atoms with Crippen molar-refractivity contribution in [3.05, 3.63) is 79.1 Å². The fourth-order valence-electron chi connectivity index (χ4n) is 2.43. The summed E-state index contributed by atoms with van der Waals surface area (Å²) < 4.78 is 0. The molecule has 0 aliphatic carbocycles. The molecule has 0 unspecified atom stereocenters. The van der Waals surface area contributed by atoms with Crippen molar-refractivity contribution < 1.29 is 10.2 Å². The van der Waals surface area contributed by atoms with Crippen molar-refractivity contribution >= 4 is 11.0 Å². The van der Waals surface area contributed by atoms with Gasteiger partial charge in [0.2, 0.25) is 0 Å². The Kier molecular flexibility index (Phi) is 7.36. The molecule has 0 fully saturated rings. The summed E-state index contributed by atoms with van der Waals surface area (Å²) in [6.07, 6.45) is 3.64. The number of fused-ring (bicyclic) bond motifs is 1. The Morgan fingerprint density at radius 2 is 1.15 bits per heavy atom. The van der Waals surface area contributed by atoms with Gasteiger partial charge >= 0.3 is 0 Å². The van der Waals surface area contributed by atoms with Crippen LogP contribution in [0.3, 0.4) is 0 Å². The maximum absolute atomic E-state index is 7.00. The molecule has 2 aromatic carbocycles. The first-order valence-electron chi connectivity index (χ1n) is 8.03. The molecule has 0 aliphatic heterocycles. The Hall–Kier alpha value is -3.15. The minimum absolute atomic E-state index is 0.722. The molecule has 4 aromatic rings. The van der Waals surface area contributed by atoms with Gasteiger partial charge in [0, 0.05) is 31.5 Å². The molecule has 0 bridgehead atoms. The third-order valence-electron chi connectivity index (χ3n) is 3.57. The molecule has 26 heavy (non-hydrogen) atoms. The molecular weight excluding hydrogens is 326 g/mol. The Morgan fingerprint density at radius 3 is 1.77 bits per heavy atom. The summed E-state index contributed by atoms with van der Waals surface area (Å²) in [7, 11) is 2.00. The largest absolute Gasteiger partial charge is 0.400 e. The summed E-state index contributed by atoms with van der Waals surface area (Å²) >= 11 is 0. The van der Waals surface area contributed by atoms with Crippen LogP contribution < -0.4 is 0 Å². The average Bonchev–Trinajstić information content (AvgIpc) is 2.77. The summed E-state index contributed by atoms with van der Waals surface area (Å²) in [5, 5.41) is 14.0. The zero-order chi connectivity index (χ0) is 18.8. The summed E-state index contributed by atoms with van der Waals surface area (Å²) in [5.74, 6) is 0.722. The van der Waals surface area contributed by atoms with Gasteiger partial charge in [-0.15, -0.1) is 0 Å². The van der Waals surface area contributed by atoms with E-state index in [4.69, 9.17) is 10.2 Å². The van der Waals surface area contributed by atoms with Gasteiger partial charge in [0.25, 0.3) is 0 Å². The molecule has 0 amide bonds. The summed E-state index contributed by atoms with van der Waals surface area (Å²) in [6, 6.07) is 22.2. The third-order valence-corrected chi connectivity index (χ3v) is 3.57. The molecule has 0 spiro atoms. The van der Waals surface area contributed by atoms with Gasteiger partial charge < -0.3 is 10.2 Å². The first kappa shape index (κ1) is 19.2. The maximum atomic E-state index is 7.00. The number of pyridine rings is 1. The van der Waals surface area contributed by atoms with E-state index in [1.807, 2.05) is 54.7 Å². The van der Waals surface area contributed by atoms with Gasteiger partial charge in [-0.05, 0) is 11.6 Å². The fourth-order valence-corrected chi connectivity index (χ4v) is 2.43. The predicted molar refractivity (Wildman–Crippen MR) is 104 cm³/mol. The second-order valence-electron chi connectivity index (χ2n) is 5.05. The first-order valence-corrected chi connectivity index (χ1v) is 8.03. The lowest BCUT2D eigenvalue weighted by atomic mass is 10.1. The predicted octanol–water partition coefficient (Wildman–Crippen LogP) is 3.58. The van der Waals surface area contributed by atoms with Crippen molar-refractivity contribution in [2.24, 2.45) is 0 Å². The van der Waals surface area contributed by atoms with Crippen LogP contribution in [0.4, 0.5) is 0 Å². The third kappa shape index (κ3) is 4.47. The highest BCUT2D eigenvalue weighted by Gasteiger charge is 2.05. The van der Waals surface area contributed by atoms with Crippen LogP contribution in [0.1, 0.15) is 0 Å². The molecule has 0 saturated carbocycles. The monoisotopic (exact) mass is 347 g/mol. The van der Waals surface area contributed by atoms with Gasteiger partial charge in [-0.2, -0.15) is 0 Å². The van der Waals surface area contributed by atoms with E-state index in [0.717, 1.165) is 47.8 Å². The number of hydrogen-bond donors (Lipinski definition) is 2. The van der Waals surface area contributed by atoms with Gasteiger partial charge in [0.1, 0.15) is 5.52 Å². The van der Waals surface area contributed by atoms with E-state index in [1.54, 1.807) is 6.20 Å². The zero-order valence-electron chi connectivity index (χ0n) is 14.7. The van der Waals surface area contributed by atoms with Gasteiger partial charge in [-0.3, -0.25) is 4.98 Å². The summed E-state index contributed by atoms with van der Waals surface area (Å²) in [5.41, 5.74) is 4.87. The van der Waals surface area contributed by atoms with E-state index in [9.17, 15) is 0 Å². The smallest absolute Gasteiger partial charge is 0.159 e. The Balaban J connectivity index is 0.000000570. The van der Waals surface area contributed by atoms with E-state index in [1.165, 1.54) is 0 Å². The number of nitrogens with zero attached hydrogens (tertiary/aromatic N) is 3. The van der Waals surface area contributed by atoms with Gasteiger partial charge in [0.15, 0.2) is 5.82 Å². The number of benzene rings is 2. The van der Waals surface area contributed by atoms with Crippen LogP contribution in [0.2, 0.25) is 0 Å². The Morgan fingerprint density at radius 1 is 0.577 bits per heavy atom. The number of aromatic nitrogens is 3. The molecule has 2 N–H and O–H groups in total. The molecule has 2 heterocycles. The second kappa shape index (κ2) is 9.98. The standard InChI is InChI=1S/C19H13N3.2CH4O/c1-3-7-14(8-4-1)16-11-17-18(20-12-16)13-21-19(22-17)15-9-5-2-6-10-15;2*1-2/h1-13H;2*2H,1H3. The molecule has 5 heteroatoms. The lowest BCUT2D eigenvalue weighted by Gasteiger charge is -2.05. The van der Waals surface area contributed by atoms with Crippen LogP contribution in [0, 0.1) is 0 Å². The zero-order valence-corrected chi connectivity index (χ0v) is 14.7. The van der Waals surface area contributed by atoms with Gasteiger partial charge in [-0.1, -0.05) is 60.7 Å². The minimum atomic E-state index is 0.722. The van der Waals surface area contributed by atoms with E-state index in [-0.39, 0.29) is 0 Å². The molecule has 0 radical (unpaired) electrons. The van der Waals surface area contributed by atoms with Crippen molar-refractivity contribution in [2.45, 2.75) is 0 Å². The van der Waals surface area contributed by atoms with Crippen LogP contribution in [0.15, 0.2) is 79.1 Å². The number of aliphatic hydroxyl groups is 2. The highest BCUT2D eigenvalue weighted by Crippen LogP contribution is 2.23. The molecular formula is C21H21N3O2. The van der Waals surface area contributed by atoms with Gasteiger partial charge in [-0.25, -0.2) is 9.97 Å². The number of aliphatic hydroxyl groups excluding tert-OH is 2. The molecule has 5 nitrogen and oxygen atoms in total. The second-order valence-corrected chi connectivity index (χ2v) is 5.05. The van der Waals surface area contributed by atoms with E-state index >= 15 is 0 Å². The van der Waals surface area contributed by atoms with Crippen molar-refractivity contribution in [3.8, 4) is 22.5 Å². The normalized spacial score (nSPS) is 9.54. The van der Waals surface area contributed by atoms with Crippen LogP contribution in [-0.4, -0.2) is 39.4 Å². The van der Waals surface area contributed by atoms with Crippen molar-refractivity contribution in [1.29, 1.82) is 0 Å².